The lowest BCUT2D eigenvalue weighted by Gasteiger charge is -2.14. The highest BCUT2D eigenvalue weighted by Crippen LogP contribution is 2.25. The predicted molar refractivity (Wildman–Crippen MR) is 132 cm³/mol. The Morgan fingerprint density at radius 1 is 0.794 bits per heavy atom. The molecule has 0 saturated carbocycles. The molecule has 34 heavy (non-hydrogen) atoms. The minimum Gasteiger partial charge on any atom is -0.325 e. The molecule has 0 spiro atoms. The first-order valence-electron chi connectivity index (χ1n) is 10.8. The normalized spacial score (nSPS) is 10.4. The van der Waals surface area contributed by atoms with Crippen LogP contribution in [0.15, 0.2) is 97.3 Å². The number of aryl methyl sites for hydroxylation is 1. The number of rotatable bonds is 7. The molecule has 0 saturated heterocycles. The van der Waals surface area contributed by atoms with E-state index in [1.165, 1.54) is 6.20 Å². The van der Waals surface area contributed by atoms with Crippen LogP contribution in [0, 0.1) is 6.92 Å². The van der Waals surface area contributed by atoms with Gasteiger partial charge >= 0.3 is 0 Å². The van der Waals surface area contributed by atoms with E-state index in [0.717, 1.165) is 11.1 Å². The molecule has 6 heteroatoms. The molecule has 2 amide bonds. The lowest BCUT2D eigenvalue weighted by molar-refractivity contribution is -0.115. The Morgan fingerprint density at radius 2 is 1.53 bits per heavy atom. The SMILES string of the molecule is Cc1ccc(CC(=O)Nc2ccc(NC(=O)c3cccnc3)cc2C(=O)c2ccccc2)cc1. The molecule has 0 radical (unpaired) electrons. The van der Waals surface area contributed by atoms with Crippen molar-refractivity contribution in [2.45, 2.75) is 13.3 Å². The number of hydrogen-bond donors (Lipinski definition) is 2. The van der Waals surface area contributed by atoms with Gasteiger partial charge in [0.05, 0.1) is 17.7 Å². The van der Waals surface area contributed by atoms with Gasteiger partial charge in [0.25, 0.3) is 5.91 Å². The second-order valence-corrected chi connectivity index (χ2v) is 7.86. The molecule has 4 aromatic rings. The zero-order valence-electron chi connectivity index (χ0n) is 18.6. The molecule has 0 aliphatic rings. The van der Waals surface area contributed by atoms with Crippen LogP contribution in [-0.2, 0) is 11.2 Å². The number of nitrogens with zero attached hydrogens (tertiary/aromatic N) is 1. The van der Waals surface area contributed by atoms with Crippen LogP contribution >= 0.6 is 0 Å². The van der Waals surface area contributed by atoms with Gasteiger partial charge < -0.3 is 10.6 Å². The third kappa shape index (κ3) is 5.61. The van der Waals surface area contributed by atoms with Gasteiger partial charge in [0.1, 0.15) is 0 Å². The molecule has 4 rings (SSSR count). The van der Waals surface area contributed by atoms with Crippen LogP contribution in [-0.4, -0.2) is 22.6 Å². The van der Waals surface area contributed by atoms with Gasteiger partial charge in [0, 0.05) is 29.2 Å². The number of benzene rings is 3. The Hall–Kier alpha value is -4.58. The Kier molecular flexibility index (Phi) is 6.89. The minimum absolute atomic E-state index is 0.179. The fourth-order valence-electron chi connectivity index (χ4n) is 3.45. The maximum absolute atomic E-state index is 13.3. The fourth-order valence-corrected chi connectivity index (χ4v) is 3.45. The zero-order valence-corrected chi connectivity index (χ0v) is 18.6. The first-order chi connectivity index (χ1) is 16.5. The number of ketones is 1. The molecule has 0 unspecified atom stereocenters. The largest absolute Gasteiger partial charge is 0.325 e. The number of hydrogen-bond acceptors (Lipinski definition) is 4. The molecule has 0 aliphatic heterocycles. The van der Waals surface area contributed by atoms with E-state index in [4.69, 9.17) is 0 Å². The lowest BCUT2D eigenvalue weighted by Crippen LogP contribution is -2.18. The first-order valence-corrected chi connectivity index (χ1v) is 10.8. The number of aromatic nitrogens is 1. The second-order valence-electron chi connectivity index (χ2n) is 7.86. The molecule has 6 nitrogen and oxygen atoms in total. The summed E-state index contributed by atoms with van der Waals surface area (Å²) in [6.07, 6.45) is 3.23. The third-order valence-corrected chi connectivity index (χ3v) is 5.24. The standard InChI is InChI=1S/C28H23N3O3/c1-19-9-11-20(12-10-19)16-26(32)31-25-14-13-23(30-28(34)22-8-5-15-29-18-22)17-24(25)27(33)21-6-3-2-4-7-21/h2-15,17-18H,16H2,1H3,(H,30,34)(H,31,32). The van der Waals surface area contributed by atoms with Crippen molar-refractivity contribution in [2.75, 3.05) is 10.6 Å². The highest BCUT2D eigenvalue weighted by molar-refractivity contribution is 6.15. The summed E-state index contributed by atoms with van der Waals surface area (Å²) in [4.78, 5) is 42.5. The maximum Gasteiger partial charge on any atom is 0.257 e. The predicted octanol–water partition coefficient (Wildman–Crippen LogP) is 5.05. The molecular weight excluding hydrogens is 426 g/mol. The van der Waals surface area contributed by atoms with Crippen molar-refractivity contribution in [2.24, 2.45) is 0 Å². The summed E-state index contributed by atoms with van der Waals surface area (Å²) in [6, 6.07) is 24.7. The van der Waals surface area contributed by atoms with Crippen LogP contribution in [0.3, 0.4) is 0 Å². The van der Waals surface area contributed by atoms with Crippen molar-refractivity contribution in [3.8, 4) is 0 Å². The van der Waals surface area contributed by atoms with Crippen molar-refractivity contribution in [3.05, 3.63) is 125 Å². The topological polar surface area (TPSA) is 88.2 Å². The van der Waals surface area contributed by atoms with E-state index in [1.807, 2.05) is 37.3 Å². The minimum atomic E-state index is -0.345. The molecule has 1 aromatic heterocycles. The summed E-state index contributed by atoms with van der Waals surface area (Å²) in [5, 5.41) is 5.64. The van der Waals surface area contributed by atoms with E-state index in [1.54, 1.807) is 60.8 Å². The van der Waals surface area contributed by atoms with Crippen LogP contribution in [0.1, 0.15) is 37.4 Å². The van der Waals surface area contributed by atoms with Gasteiger partial charge in [-0.15, -0.1) is 0 Å². The summed E-state index contributed by atoms with van der Waals surface area (Å²) < 4.78 is 0. The van der Waals surface area contributed by atoms with E-state index < -0.39 is 0 Å². The number of carbonyl (C=O) groups is 3. The Balaban J connectivity index is 1.60. The zero-order chi connectivity index (χ0) is 23.9. The van der Waals surface area contributed by atoms with Crippen LogP contribution in [0.25, 0.3) is 0 Å². The van der Waals surface area contributed by atoms with Crippen molar-refractivity contribution >= 4 is 29.0 Å². The lowest BCUT2D eigenvalue weighted by atomic mass is 10.0. The summed E-state index contributed by atoms with van der Waals surface area (Å²) in [5.74, 6) is -0.843. The van der Waals surface area contributed by atoms with Gasteiger partial charge in [-0.2, -0.15) is 0 Å². The smallest absolute Gasteiger partial charge is 0.257 e. The van der Waals surface area contributed by atoms with Crippen LogP contribution < -0.4 is 10.6 Å². The molecule has 3 aromatic carbocycles. The van der Waals surface area contributed by atoms with Gasteiger partial charge in [0.2, 0.25) is 5.91 Å². The molecule has 0 aliphatic carbocycles. The van der Waals surface area contributed by atoms with Crippen molar-refractivity contribution in [3.63, 3.8) is 0 Å². The molecule has 2 N–H and O–H groups in total. The van der Waals surface area contributed by atoms with Crippen molar-refractivity contribution in [1.29, 1.82) is 0 Å². The van der Waals surface area contributed by atoms with E-state index >= 15 is 0 Å². The quantitative estimate of drug-likeness (QED) is 0.386. The van der Waals surface area contributed by atoms with Crippen molar-refractivity contribution < 1.29 is 14.4 Å². The average Bonchev–Trinajstić information content (AvgIpc) is 2.87. The van der Waals surface area contributed by atoms with Gasteiger partial charge in [-0.1, -0.05) is 60.2 Å². The van der Waals surface area contributed by atoms with Crippen LogP contribution in [0.5, 0.6) is 0 Å². The van der Waals surface area contributed by atoms with Crippen LogP contribution in [0.4, 0.5) is 11.4 Å². The molecule has 168 valence electrons. The summed E-state index contributed by atoms with van der Waals surface area (Å²) in [6.45, 7) is 1.99. The molecule has 1 heterocycles. The Bertz CT molecular complexity index is 1320. The van der Waals surface area contributed by atoms with E-state index in [0.29, 0.717) is 22.5 Å². The third-order valence-electron chi connectivity index (χ3n) is 5.24. The van der Waals surface area contributed by atoms with Gasteiger partial charge in [-0.05, 0) is 42.8 Å². The number of nitrogens with one attached hydrogen (secondary N) is 2. The summed E-state index contributed by atoms with van der Waals surface area (Å²) in [7, 11) is 0. The number of anilines is 2. The van der Waals surface area contributed by atoms with Crippen molar-refractivity contribution in [1.82, 2.24) is 4.98 Å². The van der Waals surface area contributed by atoms with E-state index in [-0.39, 0.29) is 29.6 Å². The Morgan fingerprint density at radius 3 is 2.24 bits per heavy atom. The maximum atomic E-state index is 13.3. The molecule has 0 bridgehead atoms. The highest BCUT2D eigenvalue weighted by atomic mass is 16.2. The van der Waals surface area contributed by atoms with Gasteiger partial charge in [0.15, 0.2) is 5.78 Å². The van der Waals surface area contributed by atoms with Gasteiger partial charge in [-0.3, -0.25) is 19.4 Å². The van der Waals surface area contributed by atoms with E-state index in [9.17, 15) is 14.4 Å². The van der Waals surface area contributed by atoms with E-state index in [2.05, 4.69) is 15.6 Å². The summed E-state index contributed by atoms with van der Waals surface area (Å²) >= 11 is 0. The molecule has 0 atom stereocenters. The summed E-state index contributed by atoms with van der Waals surface area (Å²) in [5.41, 5.74) is 3.96. The van der Waals surface area contributed by atoms with Gasteiger partial charge in [-0.25, -0.2) is 0 Å². The highest BCUT2D eigenvalue weighted by Gasteiger charge is 2.17. The average molecular weight is 450 g/mol. The number of amides is 2. The Labute approximate surface area is 197 Å². The number of pyridine rings is 1. The van der Waals surface area contributed by atoms with Crippen LogP contribution in [0.2, 0.25) is 0 Å². The first kappa shape index (κ1) is 22.6. The fraction of sp³-hybridized carbons (Fsp3) is 0.0714. The molecular formula is C28H23N3O3. The number of carbonyl (C=O) groups excluding carboxylic acids is 3. The monoisotopic (exact) mass is 449 g/mol. The molecule has 0 fully saturated rings. The second kappa shape index (κ2) is 10.4.